The lowest BCUT2D eigenvalue weighted by molar-refractivity contribution is 1.16. The van der Waals surface area contributed by atoms with Gasteiger partial charge in [0.05, 0.1) is 66.2 Å². The van der Waals surface area contributed by atoms with Gasteiger partial charge in [0.1, 0.15) is 0 Å². The zero-order chi connectivity index (χ0) is 66.7. The molecule has 0 saturated heterocycles. The van der Waals surface area contributed by atoms with E-state index in [2.05, 4.69) is 355 Å². The summed E-state index contributed by atoms with van der Waals surface area (Å²) in [5.41, 5.74) is 26.9. The number of nitrogens with zero attached hydrogens (tertiary/aromatic N) is 8. The molecule has 14 aromatic carbocycles. The molecule has 0 radical (unpaired) electrons. The predicted octanol–water partition coefficient (Wildman–Crippen LogP) is 24.1. The van der Waals surface area contributed by atoms with Crippen LogP contribution in [0.1, 0.15) is 0 Å². The van der Waals surface area contributed by atoms with E-state index in [1.54, 1.807) is 0 Å². The van der Waals surface area contributed by atoms with Crippen LogP contribution in [0.2, 0.25) is 0 Å². The van der Waals surface area contributed by atoms with Crippen molar-refractivity contribution >= 4 is 131 Å². The van der Waals surface area contributed by atoms with Gasteiger partial charge < -0.3 is 27.4 Å². The summed E-state index contributed by atoms with van der Waals surface area (Å²) in [5.74, 6) is 0. The van der Waals surface area contributed by atoms with Gasteiger partial charge in [-0.25, -0.2) is 0 Å². The number of para-hydroxylation sites is 8. The molecule has 102 heavy (non-hydrogen) atoms. The fraction of sp³-hybridized carbons (Fsp3) is 0. The number of benzene rings is 14. The van der Waals surface area contributed by atoms with E-state index in [-0.39, 0.29) is 0 Å². The third kappa shape index (κ3) is 8.20. The molecule has 8 nitrogen and oxygen atoms in total. The average Bonchev–Trinajstić information content (AvgIpc) is 1.57. The first kappa shape index (κ1) is 56.2. The van der Waals surface area contributed by atoms with Gasteiger partial charge in [-0.05, 0) is 180 Å². The molecule has 0 unspecified atom stereocenters. The van der Waals surface area contributed by atoms with Crippen LogP contribution in [0.25, 0.3) is 198 Å². The Labute approximate surface area is 584 Å². The van der Waals surface area contributed by atoms with Gasteiger partial charge >= 0.3 is 0 Å². The van der Waals surface area contributed by atoms with Crippen molar-refractivity contribution < 1.29 is 0 Å². The van der Waals surface area contributed by atoms with Crippen molar-refractivity contribution in [3.05, 3.63) is 352 Å². The van der Waals surface area contributed by atoms with Crippen LogP contribution in [0.3, 0.4) is 0 Å². The standard InChI is InChI=1S/C94H58N8/c1-9-25-83-69(17-1)70-18-2-10-26-84(70)99(83)63-41-45-91-77(53-63)78-54-64(100-85-27-11-3-19-71(85)72-20-4-12-28-86(72)100)42-46-92(78)97(91)61-37-33-59(34-38-61)81-57-95-51-49-67(81)68-50-52-96-58-82(68)60-35-39-62(40-36-60)98-93-47-43-65(101-87-29-13-5-21-73(87)74-22-6-14-30-88(74)101)55-79(93)80-56-66(44-48-94(80)98)102-89-31-15-7-23-75(89)76-24-8-16-32-90(76)102/h1-58H. The highest BCUT2D eigenvalue weighted by molar-refractivity contribution is 6.17. The van der Waals surface area contributed by atoms with E-state index in [4.69, 9.17) is 9.97 Å². The predicted molar refractivity (Wildman–Crippen MR) is 424 cm³/mol. The topological polar surface area (TPSA) is 55.4 Å². The second-order valence-electron chi connectivity index (χ2n) is 26.9. The monoisotopic (exact) mass is 1300 g/mol. The van der Waals surface area contributed by atoms with Crippen LogP contribution in [0.4, 0.5) is 0 Å². The lowest BCUT2D eigenvalue weighted by Gasteiger charge is -2.15. The maximum Gasteiger partial charge on any atom is 0.0542 e. The van der Waals surface area contributed by atoms with Crippen LogP contribution in [0.15, 0.2) is 352 Å². The summed E-state index contributed by atoms with van der Waals surface area (Å²) in [6.45, 7) is 0. The van der Waals surface area contributed by atoms with Crippen molar-refractivity contribution in [3.8, 4) is 67.5 Å². The van der Waals surface area contributed by atoms with Crippen LogP contribution in [-0.2, 0) is 0 Å². The number of hydrogen-bond acceptors (Lipinski definition) is 2. The molecular weight excluding hydrogens is 1240 g/mol. The van der Waals surface area contributed by atoms with Gasteiger partial charge in [-0.1, -0.05) is 170 Å². The number of pyridine rings is 2. The van der Waals surface area contributed by atoms with E-state index >= 15 is 0 Å². The molecule has 0 bridgehead atoms. The molecule has 0 fully saturated rings. The number of rotatable bonds is 9. The van der Waals surface area contributed by atoms with Crippen LogP contribution in [0, 0.1) is 0 Å². The molecule has 0 aliphatic carbocycles. The Balaban J connectivity index is 0.653. The molecule has 8 aromatic heterocycles. The smallest absolute Gasteiger partial charge is 0.0542 e. The van der Waals surface area contributed by atoms with E-state index < -0.39 is 0 Å². The summed E-state index contributed by atoms with van der Waals surface area (Å²) < 4.78 is 14.6. The van der Waals surface area contributed by atoms with E-state index in [9.17, 15) is 0 Å². The van der Waals surface area contributed by atoms with Crippen LogP contribution < -0.4 is 0 Å². The second kappa shape index (κ2) is 21.8. The molecule has 474 valence electrons. The summed E-state index contributed by atoms with van der Waals surface area (Å²) in [4.78, 5) is 9.58. The Hall–Kier alpha value is -13.8. The van der Waals surface area contributed by atoms with Crippen LogP contribution >= 0.6 is 0 Å². The summed E-state index contributed by atoms with van der Waals surface area (Å²) in [7, 11) is 0. The first-order chi connectivity index (χ1) is 50.6. The maximum atomic E-state index is 4.79. The molecule has 8 heteroatoms. The minimum Gasteiger partial charge on any atom is -0.309 e. The lowest BCUT2D eigenvalue weighted by atomic mass is 9.91. The molecular formula is C94H58N8. The third-order valence-corrected chi connectivity index (χ3v) is 21.6. The van der Waals surface area contributed by atoms with Gasteiger partial charge in [0.25, 0.3) is 0 Å². The largest absolute Gasteiger partial charge is 0.309 e. The minimum atomic E-state index is 1.04. The Morgan fingerprint density at radius 1 is 0.157 bits per heavy atom. The van der Waals surface area contributed by atoms with E-state index in [1.165, 1.54) is 109 Å². The Morgan fingerprint density at radius 2 is 0.353 bits per heavy atom. The summed E-state index contributed by atoms with van der Waals surface area (Å²) in [6.07, 6.45) is 7.82. The molecule has 0 atom stereocenters. The number of aromatic nitrogens is 8. The summed E-state index contributed by atoms with van der Waals surface area (Å²) in [6, 6.07) is 120. The highest BCUT2D eigenvalue weighted by atomic mass is 15.0. The van der Waals surface area contributed by atoms with Gasteiger partial charge in [0, 0.05) is 135 Å². The van der Waals surface area contributed by atoms with E-state index in [0.29, 0.717) is 0 Å². The number of fused-ring (bicyclic) bond motifs is 18. The fourth-order valence-electron chi connectivity index (χ4n) is 17.2. The van der Waals surface area contributed by atoms with E-state index in [0.717, 1.165) is 89.6 Å². The van der Waals surface area contributed by atoms with Gasteiger partial charge in [0.15, 0.2) is 0 Å². The van der Waals surface area contributed by atoms with Crippen molar-refractivity contribution in [1.82, 2.24) is 37.4 Å². The molecule has 0 amide bonds. The summed E-state index contributed by atoms with van der Waals surface area (Å²) >= 11 is 0. The van der Waals surface area contributed by atoms with Gasteiger partial charge in [0.2, 0.25) is 0 Å². The van der Waals surface area contributed by atoms with Crippen molar-refractivity contribution in [2.24, 2.45) is 0 Å². The zero-order valence-corrected chi connectivity index (χ0v) is 55.1. The van der Waals surface area contributed by atoms with Gasteiger partial charge in [-0.15, -0.1) is 0 Å². The highest BCUT2D eigenvalue weighted by Gasteiger charge is 2.23. The van der Waals surface area contributed by atoms with Crippen molar-refractivity contribution in [2.75, 3.05) is 0 Å². The molecule has 0 saturated carbocycles. The Morgan fingerprint density at radius 3 is 0.588 bits per heavy atom. The Kier molecular flexibility index (Phi) is 12.0. The van der Waals surface area contributed by atoms with E-state index in [1.807, 2.05) is 24.8 Å². The molecule has 8 heterocycles. The van der Waals surface area contributed by atoms with Crippen molar-refractivity contribution in [3.63, 3.8) is 0 Å². The summed E-state index contributed by atoms with van der Waals surface area (Å²) in [5, 5.41) is 14.6. The van der Waals surface area contributed by atoms with Crippen molar-refractivity contribution in [2.45, 2.75) is 0 Å². The molecule has 0 spiro atoms. The van der Waals surface area contributed by atoms with Crippen molar-refractivity contribution in [1.29, 1.82) is 0 Å². The molecule has 0 aliphatic heterocycles. The molecule has 22 aromatic rings. The lowest BCUT2D eigenvalue weighted by Crippen LogP contribution is -1.97. The quantitative estimate of drug-likeness (QED) is 0.145. The zero-order valence-electron chi connectivity index (χ0n) is 55.1. The first-order valence-electron chi connectivity index (χ1n) is 34.8. The second-order valence-corrected chi connectivity index (χ2v) is 26.9. The fourth-order valence-corrected chi connectivity index (χ4v) is 17.2. The third-order valence-electron chi connectivity index (χ3n) is 21.6. The SMILES string of the molecule is c1ccc2c(c1)c1ccccc1n2-c1ccc2c(c1)c1cc(-n3c4ccccc4c4ccccc43)ccc1n2-c1ccc(-c2cnccc2-c2ccncc2-c2ccc(-n3c4ccc(-n5c6ccccc6c6ccccc65)cc4c4cc(-n5c6ccccc6c6ccccc65)ccc43)cc2)cc1. The van der Waals surface area contributed by atoms with Gasteiger partial charge in [-0.2, -0.15) is 0 Å². The maximum absolute atomic E-state index is 4.79. The normalized spacial score (nSPS) is 12.1. The molecule has 22 rings (SSSR count). The van der Waals surface area contributed by atoms with Crippen LogP contribution in [-0.4, -0.2) is 37.4 Å². The minimum absolute atomic E-state index is 1.04. The molecule has 0 N–H and O–H groups in total. The average molecular weight is 1300 g/mol. The van der Waals surface area contributed by atoms with Crippen LogP contribution in [0.5, 0.6) is 0 Å². The number of hydrogen-bond donors (Lipinski definition) is 0. The van der Waals surface area contributed by atoms with Gasteiger partial charge in [-0.3, -0.25) is 9.97 Å². The molecule has 0 aliphatic rings. The Bertz CT molecular complexity index is 6260. The highest BCUT2D eigenvalue weighted by Crippen LogP contribution is 2.45. The first-order valence-corrected chi connectivity index (χ1v) is 34.8.